The van der Waals surface area contributed by atoms with E-state index in [9.17, 15) is 24.5 Å². The fourth-order valence-corrected chi connectivity index (χ4v) is 3.73. The van der Waals surface area contributed by atoms with Gasteiger partial charge in [-0.05, 0) is 50.1 Å². The van der Waals surface area contributed by atoms with E-state index in [4.69, 9.17) is 11.6 Å². The lowest BCUT2D eigenvalue weighted by molar-refractivity contribution is -0.385. The first-order valence-corrected chi connectivity index (χ1v) is 9.85. The Labute approximate surface area is 183 Å². The fourth-order valence-electron chi connectivity index (χ4n) is 3.54. The Morgan fingerprint density at radius 1 is 1.23 bits per heavy atom. The van der Waals surface area contributed by atoms with Gasteiger partial charge in [-0.15, -0.1) is 0 Å². The van der Waals surface area contributed by atoms with Gasteiger partial charge in [-0.25, -0.2) is 4.79 Å². The first-order valence-electron chi connectivity index (χ1n) is 9.47. The van der Waals surface area contributed by atoms with Crippen LogP contribution < -0.4 is 5.32 Å². The third kappa shape index (κ3) is 4.66. The molecule has 1 heterocycles. The van der Waals surface area contributed by atoms with Crippen molar-refractivity contribution in [3.63, 3.8) is 0 Å². The van der Waals surface area contributed by atoms with Crippen LogP contribution in [-0.4, -0.2) is 47.3 Å². The number of benzene rings is 2. The standard InChI is InChI=1S/C21H20ClN3O6/c1-12-10-13(5-8-17(12)25(29)30)20(27)24-9-3-4-18(24)19(26)23-14-6-7-16(22)15(11-14)21(28)31-2/h5-8,10-11,18H,3-4,9H2,1-2H3,(H,23,26). The molecule has 162 valence electrons. The van der Waals surface area contributed by atoms with E-state index in [-0.39, 0.29) is 27.7 Å². The van der Waals surface area contributed by atoms with E-state index in [2.05, 4.69) is 10.1 Å². The smallest absolute Gasteiger partial charge is 0.339 e. The van der Waals surface area contributed by atoms with Gasteiger partial charge in [-0.1, -0.05) is 11.6 Å². The van der Waals surface area contributed by atoms with Crippen molar-refractivity contribution in [3.05, 3.63) is 68.2 Å². The van der Waals surface area contributed by atoms with Crippen molar-refractivity contribution >= 4 is 40.8 Å². The van der Waals surface area contributed by atoms with Crippen LogP contribution in [0.5, 0.6) is 0 Å². The number of amides is 2. The third-order valence-corrected chi connectivity index (χ3v) is 5.43. The van der Waals surface area contributed by atoms with Crippen molar-refractivity contribution in [2.45, 2.75) is 25.8 Å². The molecule has 1 saturated heterocycles. The lowest BCUT2D eigenvalue weighted by Gasteiger charge is -2.24. The summed E-state index contributed by atoms with van der Waals surface area (Å²) in [5.74, 6) is -1.41. The Kier molecular flexibility index (Phi) is 6.55. The molecule has 0 bridgehead atoms. The molecule has 31 heavy (non-hydrogen) atoms. The Bertz CT molecular complexity index is 1070. The average Bonchev–Trinajstić information content (AvgIpc) is 3.23. The number of anilines is 1. The zero-order valence-corrected chi connectivity index (χ0v) is 17.6. The lowest BCUT2D eigenvalue weighted by Crippen LogP contribution is -2.43. The predicted molar refractivity (Wildman–Crippen MR) is 113 cm³/mol. The SMILES string of the molecule is COC(=O)c1cc(NC(=O)C2CCCN2C(=O)c2ccc([N+](=O)[O-])c(C)c2)ccc1Cl. The lowest BCUT2D eigenvalue weighted by atomic mass is 10.1. The number of ether oxygens (including phenoxy) is 1. The Balaban J connectivity index is 1.78. The van der Waals surface area contributed by atoms with Gasteiger partial charge in [-0.2, -0.15) is 0 Å². The fraction of sp³-hybridized carbons (Fsp3) is 0.286. The van der Waals surface area contributed by atoms with Crippen LogP contribution in [0.25, 0.3) is 0 Å². The van der Waals surface area contributed by atoms with E-state index in [0.29, 0.717) is 30.6 Å². The molecule has 2 aromatic carbocycles. The molecule has 1 atom stereocenters. The number of aryl methyl sites for hydroxylation is 1. The first-order chi connectivity index (χ1) is 14.7. The van der Waals surface area contributed by atoms with Crippen LogP contribution >= 0.6 is 11.6 Å². The molecular formula is C21H20ClN3O6. The van der Waals surface area contributed by atoms with Crippen LogP contribution in [0.1, 0.15) is 39.1 Å². The number of halogens is 1. The van der Waals surface area contributed by atoms with Crippen molar-refractivity contribution in [2.24, 2.45) is 0 Å². The zero-order valence-electron chi connectivity index (χ0n) is 16.9. The van der Waals surface area contributed by atoms with Gasteiger partial charge in [0.25, 0.3) is 11.6 Å². The largest absolute Gasteiger partial charge is 0.465 e. The summed E-state index contributed by atoms with van der Waals surface area (Å²) in [5, 5.41) is 13.9. The molecule has 0 aromatic heterocycles. The molecule has 2 amide bonds. The molecule has 1 aliphatic heterocycles. The highest BCUT2D eigenvalue weighted by Crippen LogP contribution is 2.26. The van der Waals surface area contributed by atoms with Crippen LogP contribution in [0.2, 0.25) is 5.02 Å². The van der Waals surface area contributed by atoms with Gasteiger partial charge in [0.1, 0.15) is 6.04 Å². The van der Waals surface area contributed by atoms with Gasteiger partial charge in [-0.3, -0.25) is 19.7 Å². The number of carbonyl (C=O) groups excluding carboxylic acids is 3. The molecule has 1 N–H and O–H groups in total. The van der Waals surface area contributed by atoms with E-state index >= 15 is 0 Å². The quantitative estimate of drug-likeness (QED) is 0.426. The van der Waals surface area contributed by atoms with Crippen molar-refractivity contribution in [1.29, 1.82) is 0 Å². The maximum absolute atomic E-state index is 13.0. The molecule has 1 unspecified atom stereocenters. The molecule has 0 saturated carbocycles. The summed E-state index contributed by atoms with van der Waals surface area (Å²) in [6, 6.07) is 7.86. The van der Waals surface area contributed by atoms with Crippen LogP contribution in [0, 0.1) is 17.0 Å². The predicted octanol–water partition coefficient (Wildman–Crippen LogP) is 3.59. The van der Waals surface area contributed by atoms with Gasteiger partial charge in [0.05, 0.1) is 22.6 Å². The molecule has 1 aliphatic rings. The Morgan fingerprint density at radius 2 is 1.97 bits per heavy atom. The number of nitrogens with zero attached hydrogens (tertiary/aromatic N) is 2. The van der Waals surface area contributed by atoms with Crippen molar-refractivity contribution in [3.8, 4) is 0 Å². The highest BCUT2D eigenvalue weighted by Gasteiger charge is 2.35. The molecule has 0 radical (unpaired) electrons. The van der Waals surface area contributed by atoms with Gasteiger partial charge in [0, 0.05) is 29.4 Å². The van der Waals surface area contributed by atoms with Crippen molar-refractivity contribution in [2.75, 3.05) is 19.0 Å². The number of nitro groups is 1. The third-order valence-electron chi connectivity index (χ3n) is 5.10. The van der Waals surface area contributed by atoms with Crippen LogP contribution in [0.15, 0.2) is 36.4 Å². The second-order valence-corrected chi connectivity index (χ2v) is 7.50. The first kappa shape index (κ1) is 22.2. The van der Waals surface area contributed by atoms with E-state index in [1.165, 1.54) is 42.3 Å². The van der Waals surface area contributed by atoms with Crippen LogP contribution in [0.4, 0.5) is 11.4 Å². The highest BCUT2D eigenvalue weighted by atomic mass is 35.5. The van der Waals surface area contributed by atoms with Crippen molar-refractivity contribution in [1.82, 2.24) is 4.90 Å². The van der Waals surface area contributed by atoms with E-state index < -0.39 is 22.8 Å². The molecule has 9 nitrogen and oxygen atoms in total. The number of methoxy groups -OCH3 is 1. The summed E-state index contributed by atoms with van der Waals surface area (Å²) < 4.78 is 4.68. The normalized spacial score (nSPS) is 15.5. The zero-order chi connectivity index (χ0) is 22.7. The van der Waals surface area contributed by atoms with Crippen LogP contribution in [-0.2, 0) is 9.53 Å². The monoisotopic (exact) mass is 445 g/mol. The minimum atomic E-state index is -0.708. The van der Waals surface area contributed by atoms with Gasteiger partial charge < -0.3 is 15.0 Å². The second kappa shape index (κ2) is 9.13. The van der Waals surface area contributed by atoms with Gasteiger partial charge in [0.15, 0.2) is 0 Å². The Hall–Kier alpha value is -3.46. The topological polar surface area (TPSA) is 119 Å². The molecule has 0 aliphatic carbocycles. The minimum Gasteiger partial charge on any atom is -0.465 e. The second-order valence-electron chi connectivity index (χ2n) is 7.09. The maximum Gasteiger partial charge on any atom is 0.339 e. The summed E-state index contributed by atoms with van der Waals surface area (Å²) in [7, 11) is 1.23. The number of carbonyl (C=O) groups is 3. The van der Waals surface area contributed by atoms with Crippen LogP contribution in [0.3, 0.4) is 0 Å². The number of rotatable bonds is 5. The molecule has 3 rings (SSSR count). The van der Waals surface area contributed by atoms with E-state index in [0.717, 1.165) is 0 Å². The summed E-state index contributed by atoms with van der Waals surface area (Å²) >= 11 is 6.00. The summed E-state index contributed by atoms with van der Waals surface area (Å²) in [4.78, 5) is 49.6. The number of nitrogens with one attached hydrogen (secondary N) is 1. The highest BCUT2D eigenvalue weighted by molar-refractivity contribution is 6.33. The summed E-state index contributed by atoms with van der Waals surface area (Å²) in [6.07, 6.45) is 1.12. The van der Waals surface area contributed by atoms with Crippen molar-refractivity contribution < 1.29 is 24.0 Å². The molecule has 1 fully saturated rings. The maximum atomic E-state index is 13.0. The Morgan fingerprint density at radius 3 is 2.61 bits per heavy atom. The number of esters is 1. The number of hydrogen-bond donors (Lipinski definition) is 1. The molecular weight excluding hydrogens is 426 g/mol. The molecule has 2 aromatic rings. The minimum absolute atomic E-state index is 0.0728. The van der Waals surface area contributed by atoms with E-state index in [1.54, 1.807) is 13.0 Å². The van der Waals surface area contributed by atoms with E-state index in [1.807, 2.05) is 0 Å². The summed E-state index contributed by atoms with van der Waals surface area (Å²) in [5.41, 5.74) is 1.04. The summed E-state index contributed by atoms with van der Waals surface area (Å²) in [6.45, 7) is 1.95. The molecule has 0 spiro atoms. The number of hydrogen-bond acceptors (Lipinski definition) is 6. The molecule has 10 heteroatoms. The van der Waals surface area contributed by atoms with Gasteiger partial charge in [0.2, 0.25) is 5.91 Å². The number of nitro benzene ring substituents is 1. The van der Waals surface area contributed by atoms with Gasteiger partial charge >= 0.3 is 5.97 Å². The average molecular weight is 446 g/mol. The number of likely N-dealkylation sites (tertiary alicyclic amines) is 1.